The number of hydrogen-bond acceptors (Lipinski definition) is 4. The Bertz CT molecular complexity index is 365. The van der Waals surface area contributed by atoms with E-state index < -0.39 is 0 Å². The van der Waals surface area contributed by atoms with Crippen LogP contribution in [0.5, 0.6) is 0 Å². The molecule has 0 radical (unpaired) electrons. The lowest BCUT2D eigenvalue weighted by Gasteiger charge is -1.97. The topological polar surface area (TPSA) is 38.9 Å². The first-order chi connectivity index (χ1) is 6.40. The number of nitrogens with zero attached hydrogens (tertiary/aromatic N) is 1. The molecular formula is C9H10N2S2. The zero-order valence-electron chi connectivity index (χ0n) is 7.06. The maximum atomic E-state index is 5.62. The van der Waals surface area contributed by atoms with Gasteiger partial charge in [-0.05, 0) is 17.0 Å². The van der Waals surface area contributed by atoms with Gasteiger partial charge in [0.05, 0.1) is 5.01 Å². The van der Waals surface area contributed by atoms with Crippen LogP contribution in [0.3, 0.4) is 0 Å². The van der Waals surface area contributed by atoms with E-state index in [2.05, 4.69) is 16.4 Å². The van der Waals surface area contributed by atoms with Crippen LogP contribution in [0.4, 0.5) is 0 Å². The summed E-state index contributed by atoms with van der Waals surface area (Å²) in [5.41, 5.74) is 6.94. The summed E-state index contributed by atoms with van der Waals surface area (Å²) >= 11 is 3.42. The summed E-state index contributed by atoms with van der Waals surface area (Å²) in [6.45, 7) is 0.637. The van der Waals surface area contributed by atoms with Gasteiger partial charge >= 0.3 is 0 Å². The second kappa shape index (κ2) is 4.00. The van der Waals surface area contributed by atoms with E-state index in [1.165, 1.54) is 10.4 Å². The smallest absolute Gasteiger partial charge is 0.0969 e. The van der Waals surface area contributed by atoms with Crippen molar-refractivity contribution >= 4 is 22.7 Å². The summed E-state index contributed by atoms with van der Waals surface area (Å²) in [6, 6.07) is 2.13. The van der Waals surface area contributed by atoms with E-state index in [1.54, 1.807) is 22.7 Å². The molecule has 0 unspecified atom stereocenters. The molecule has 0 spiro atoms. The molecule has 0 aliphatic rings. The van der Waals surface area contributed by atoms with E-state index in [1.807, 2.05) is 11.6 Å². The van der Waals surface area contributed by atoms with Crippen molar-refractivity contribution < 1.29 is 0 Å². The highest BCUT2D eigenvalue weighted by atomic mass is 32.1. The fourth-order valence-corrected chi connectivity index (χ4v) is 2.63. The monoisotopic (exact) mass is 210 g/mol. The molecule has 0 atom stereocenters. The van der Waals surface area contributed by atoms with Crippen LogP contribution in [0.1, 0.15) is 15.4 Å². The van der Waals surface area contributed by atoms with Gasteiger partial charge in [-0.1, -0.05) is 0 Å². The van der Waals surface area contributed by atoms with Crippen LogP contribution in [-0.4, -0.2) is 4.98 Å². The molecule has 0 fully saturated rings. The third-order valence-electron chi connectivity index (χ3n) is 1.85. The summed E-state index contributed by atoms with van der Waals surface area (Å²) in [7, 11) is 0. The van der Waals surface area contributed by atoms with Gasteiger partial charge in [-0.15, -0.1) is 22.7 Å². The van der Waals surface area contributed by atoms with E-state index >= 15 is 0 Å². The number of thiophene rings is 1. The van der Waals surface area contributed by atoms with Gasteiger partial charge in [-0.3, -0.25) is 0 Å². The second-order valence-corrected chi connectivity index (χ2v) is 4.66. The second-order valence-electron chi connectivity index (χ2n) is 2.68. The van der Waals surface area contributed by atoms with Crippen molar-refractivity contribution in [2.45, 2.75) is 13.0 Å². The molecule has 13 heavy (non-hydrogen) atoms. The largest absolute Gasteiger partial charge is 0.326 e. The molecule has 2 aromatic heterocycles. The zero-order chi connectivity index (χ0) is 9.10. The van der Waals surface area contributed by atoms with Crippen LogP contribution in [0.2, 0.25) is 0 Å². The van der Waals surface area contributed by atoms with Crippen LogP contribution in [-0.2, 0) is 13.0 Å². The van der Waals surface area contributed by atoms with Gasteiger partial charge in [0.1, 0.15) is 0 Å². The van der Waals surface area contributed by atoms with Gasteiger partial charge in [0.2, 0.25) is 0 Å². The molecule has 0 bridgehead atoms. The average Bonchev–Trinajstić information content (AvgIpc) is 2.76. The molecular weight excluding hydrogens is 200 g/mol. The highest BCUT2D eigenvalue weighted by Crippen LogP contribution is 2.20. The highest BCUT2D eigenvalue weighted by Gasteiger charge is 2.04. The van der Waals surface area contributed by atoms with Gasteiger partial charge in [0, 0.05) is 29.4 Å². The predicted octanol–water partition coefficient (Wildman–Crippen LogP) is 2.25. The van der Waals surface area contributed by atoms with Crippen molar-refractivity contribution in [3.8, 4) is 0 Å². The molecule has 0 aliphatic carbocycles. The number of aromatic nitrogens is 1. The Morgan fingerprint density at radius 2 is 2.23 bits per heavy atom. The SMILES string of the molecule is NCc1sccc1Cc1nccs1. The van der Waals surface area contributed by atoms with Crippen molar-refractivity contribution in [1.82, 2.24) is 4.98 Å². The van der Waals surface area contributed by atoms with Crippen LogP contribution in [0.15, 0.2) is 23.0 Å². The standard InChI is InChI=1S/C9H10N2S2/c10-6-8-7(1-3-12-8)5-9-11-2-4-13-9/h1-4H,5-6,10H2. The lowest BCUT2D eigenvalue weighted by Crippen LogP contribution is -1.97. The number of hydrogen-bond donors (Lipinski definition) is 1. The van der Waals surface area contributed by atoms with Crippen LogP contribution in [0.25, 0.3) is 0 Å². The quantitative estimate of drug-likeness (QED) is 0.844. The van der Waals surface area contributed by atoms with Gasteiger partial charge in [0.25, 0.3) is 0 Å². The van der Waals surface area contributed by atoms with Gasteiger partial charge in [-0.2, -0.15) is 0 Å². The zero-order valence-corrected chi connectivity index (χ0v) is 8.70. The van der Waals surface area contributed by atoms with E-state index in [0.717, 1.165) is 11.4 Å². The van der Waals surface area contributed by atoms with E-state index in [9.17, 15) is 0 Å². The molecule has 0 saturated carbocycles. The molecule has 68 valence electrons. The molecule has 2 N–H and O–H groups in total. The number of rotatable bonds is 3. The third kappa shape index (κ3) is 1.96. The molecule has 0 aliphatic heterocycles. The summed E-state index contributed by atoms with van der Waals surface area (Å²) in [6.07, 6.45) is 2.77. The minimum absolute atomic E-state index is 0.637. The van der Waals surface area contributed by atoms with Gasteiger partial charge < -0.3 is 5.73 Å². The first-order valence-corrected chi connectivity index (χ1v) is 5.80. The number of thiazole rings is 1. The summed E-state index contributed by atoms with van der Waals surface area (Å²) < 4.78 is 0. The Labute approximate surface area is 85.1 Å². The third-order valence-corrected chi connectivity index (χ3v) is 3.61. The fraction of sp³-hybridized carbons (Fsp3) is 0.222. The minimum Gasteiger partial charge on any atom is -0.326 e. The maximum absolute atomic E-state index is 5.62. The normalized spacial score (nSPS) is 10.5. The van der Waals surface area contributed by atoms with Gasteiger partial charge in [-0.25, -0.2) is 4.98 Å². The Balaban J connectivity index is 2.18. The van der Waals surface area contributed by atoms with E-state index in [0.29, 0.717) is 6.54 Å². The lowest BCUT2D eigenvalue weighted by molar-refractivity contribution is 1.05. The molecule has 2 nitrogen and oxygen atoms in total. The molecule has 4 heteroatoms. The van der Waals surface area contributed by atoms with Crippen molar-refractivity contribution in [1.29, 1.82) is 0 Å². The molecule has 2 heterocycles. The minimum atomic E-state index is 0.637. The fourth-order valence-electron chi connectivity index (χ4n) is 1.21. The van der Waals surface area contributed by atoms with Crippen molar-refractivity contribution in [2.75, 3.05) is 0 Å². The van der Waals surface area contributed by atoms with Crippen LogP contribution in [0, 0.1) is 0 Å². The molecule has 0 aromatic carbocycles. The summed E-state index contributed by atoms with van der Waals surface area (Å²) in [5.74, 6) is 0. The van der Waals surface area contributed by atoms with Crippen molar-refractivity contribution in [3.63, 3.8) is 0 Å². The van der Waals surface area contributed by atoms with Crippen LogP contribution >= 0.6 is 22.7 Å². The molecule has 2 rings (SSSR count). The summed E-state index contributed by atoms with van der Waals surface area (Å²) in [4.78, 5) is 5.52. The average molecular weight is 210 g/mol. The Hall–Kier alpha value is -0.710. The summed E-state index contributed by atoms with van der Waals surface area (Å²) in [5, 5.41) is 5.25. The highest BCUT2D eigenvalue weighted by molar-refractivity contribution is 7.10. The number of nitrogens with two attached hydrogens (primary N) is 1. The molecule has 2 aromatic rings. The Morgan fingerprint density at radius 1 is 1.31 bits per heavy atom. The van der Waals surface area contributed by atoms with E-state index in [-0.39, 0.29) is 0 Å². The lowest BCUT2D eigenvalue weighted by atomic mass is 10.2. The van der Waals surface area contributed by atoms with Gasteiger partial charge in [0.15, 0.2) is 0 Å². The van der Waals surface area contributed by atoms with Crippen molar-refractivity contribution in [2.24, 2.45) is 5.73 Å². The van der Waals surface area contributed by atoms with Crippen LogP contribution < -0.4 is 5.73 Å². The predicted molar refractivity (Wildman–Crippen MR) is 57.1 cm³/mol. The first-order valence-electron chi connectivity index (χ1n) is 4.04. The Kier molecular flexibility index (Phi) is 2.73. The first kappa shape index (κ1) is 8.87. The maximum Gasteiger partial charge on any atom is 0.0969 e. The van der Waals surface area contributed by atoms with Crippen molar-refractivity contribution in [3.05, 3.63) is 38.5 Å². The molecule has 0 amide bonds. The Morgan fingerprint density at radius 3 is 2.92 bits per heavy atom. The molecule has 0 saturated heterocycles. The van der Waals surface area contributed by atoms with E-state index in [4.69, 9.17) is 5.73 Å².